The zero-order valence-corrected chi connectivity index (χ0v) is 21.4. The number of amides is 1. The van der Waals surface area contributed by atoms with Crippen molar-refractivity contribution in [2.24, 2.45) is 0 Å². The van der Waals surface area contributed by atoms with Crippen LogP contribution in [0.3, 0.4) is 0 Å². The van der Waals surface area contributed by atoms with Crippen LogP contribution in [-0.2, 0) is 4.79 Å². The second-order valence-corrected chi connectivity index (χ2v) is 10.3. The first-order chi connectivity index (χ1) is 17.0. The molecule has 8 heteroatoms. The molecule has 2 aromatic heterocycles. The van der Waals surface area contributed by atoms with Gasteiger partial charge in [0, 0.05) is 27.9 Å². The van der Waals surface area contributed by atoms with E-state index in [1.807, 2.05) is 59.9 Å². The maximum absolute atomic E-state index is 13.2. The SMILES string of the molecule is Cc1ccc(C(CC(=O)O)NC(=O)c2ccn3c(NC(C)(C)C)c(-c4cccc(Cl)c4)nc3c2)cc1. The number of anilines is 1. The fourth-order valence-corrected chi connectivity index (χ4v) is 4.16. The molecule has 3 N–H and O–H groups in total. The molecule has 4 aromatic rings. The van der Waals surface area contributed by atoms with Crippen LogP contribution in [0.4, 0.5) is 5.82 Å². The molecule has 1 unspecified atom stereocenters. The Morgan fingerprint density at radius 3 is 2.44 bits per heavy atom. The molecule has 0 spiro atoms. The van der Waals surface area contributed by atoms with Gasteiger partial charge in [-0.15, -0.1) is 0 Å². The molecule has 0 saturated carbocycles. The molecule has 0 aliphatic carbocycles. The van der Waals surface area contributed by atoms with E-state index in [2.05, 4.69) is 31.4 Å². The smallest absolute Gasteiger partial charge is 0.305 e. The lowest BCUT2D eigenvalue weighted by Crippen LogP contribution is -2.30. The van der Waals surface area contributed by atoms with Crippen LogP contribution in [0.2, 0.25) is 5.02 Å². The Labute approximate surface area is 215 Å². The van der Waals surface area contributed by atoms with Gasteiger partial charge >= 0.3 is 5.97 Å². The number of imidazole rings is 1. The van der Waals surface area contributed by atoms with E-state index < -0.39 is 12.0 Å². The number of carboxylic acid groups (broad SMARTS) is 1. The standard InChI is InChI=1S/C28H29ClN4O3/c1-17-8-10-18(11-9-17)22(16-24(34)35)30-27(36)20-12-13-33-23(15-20)31-25(26(33)32-28(2,3)4)19-6-5-7-21(29)14-19/h5-15,22,32H,16H2,1-4H3,(H,30,36)(H,34,35). The number of benzene rings is 2. The molecule has 4 rings (SSSR count). The van der Waals surface area contributed by atoms with Crippen LogP contribution in [0.1, 0.15) is 54.7 Å². The van der Waals surface area contributed by atoms with E-state index in [0.29, 0.717) is 21.9 Å². The molecule has 0 aliphatic rings. The summed E-state index contributed by atoms with van der Waals surface area (Å²) in [7, 11) is 0. The molecule has 0 radical (unpaired) electrons. The molecule has 0 aliphatic heterocycles. The quantitative estimate of drug-likeness (QED) is 0.282. The third-order valence-corrected chi connectivity index (χ3v) is 5.88. The van der Waals surface area contributed by atoms with Crippen molar-refractivity contribution in [3.8, 4) is 11.3 Å². The number of nitrogens with zero attached hydrogens (tertiary/aromatic N) is 2. The van der Waals surface area contributed by atoms with Gasteiger partial charge < -0.3 is 15.7 Å². The Hall–Kier alpha value is -3.84. The lowest BCUT2D eigenvalue weighted by atomic mass is 10.0. The van der Waals surface area contributed by atoms with Gasteiger partial charge in [0.25, 0.3) is 5.91 Å². The molecule has 36 heavy (non-hydrogen) atoms. The van der Waals surface area contributed by atoms with Gasteiger partial charge in [0.1, 0.15) is 17.2 Å². The van der Waals surface area contributed by atoms with Crippen LogP contribution in [0.25, 0.3) is 16.9 Å². The largest absolute Gasteiger partial charge is 0.481 e. The third-order valence-electron chi connectivity index (χ3n) is 5.64. The minimum atomic E-state index is -0.992. The van der Waals surface area contributed by atoms with Crippen molar-refractivity contribution in [3.63, 3.8) is 0 Å². The Bertz CT molecular complexity index is 1420. The van der Waals surface area contributed by atoms with E-state index in [-0.39, 0.29) is 17.9 Å². The number of carbonyl (C=O) groups excluding carboxylic acids is 1. The molecule has 2 heterocycles. The Balaban J connectivity index is 1.71. The maximum Gasteiger partial charge on any atom is 0.305 e. The van der Waals surface area contributed by atoms with Crippen LogP contribution >= 0.6 is 11.6 Å². The van der Waals surface area contributed by atoms with Gasteiger partial charge in [0.05, 0.1) is 12.5 Å². The lowest BCUT2D eigenvalue weighted by Gasteiger charge is -2.22. The van der Waals surface area contributed by atoms with Crippen LogP contribution in [-0.4, -0.2) is 31.9 Å². The number of halogens is 1. The third kappa shape index (κ3) is 5.86. The summed E-state index contributed by atoms with van der Waals surface area (Å²) in [5, 5.41) is 16.4. The van der Waals surface area contributed by atoms with Gasteiger partial charge in [-0.3, -0.25) is 14.0 Å². The van der Waals surface area contributed by atoms with Gasteiger partial charge in [0.2, 0.25) is 0 Å². The van der Waals surface area contributed by atoms with E-state index in [4.69, 9.17) is 16.6 Å². The average molecular weight is 505 g/mol. The van der Waals surface area contributed by atoms with E-state index in [1.54, 1.807) is 18.3 Å². The second-order valence-electron chi connectivity index (χ2n) is 9.87. The molecule has 7 nitrogen and oxygen atoms in total. The molecule has 0 fully saturated rings. The Kier molecular flexibility index (Phi) is 7.04. The van der Waals surface area contributed by atoms with Crippen molar-refractivity contribution < 1.29 is 14.7 Å². The summed E-state index contributed by atoms with van der Waals surface area (Å²) in [6.45, 7) is 8.13. The summed E-state index contributed by atoms with van der Waals surface area (Å²) in [5.74, 6) is -0.578. The summed E-state index contributed by atoms with van der Waals surface area (Å²) in [6.07, 6.45) is 1.57. The van der Waals surface area contributed by atoms with Crippen LogP contribution < -0.4 is 10.6 Å². The Morgan fingerprint density at radius 1 is 1.08 bits per heavy atom. The lowest BCUT2D eigenvalue weighted by molar-refractivity contribution is -0.137. The summed E-state index contributed by atoms with van der Waals surface area (Å²) in [6, 6.07) is 17.7. The number of fused-ring (bicyclic) bond motifs is 1. The van der Waals surface area contributed by atoms with Crippen LogP contribution in [0.15, 0.2) is 66.9 Å². The van der Waals surface area contributed by atoms with Gasteiger partial charge in [-0.2, -0.15) is 0 Å². The fraction of sp³-hybridized carbons (Fsp3) is 0.250. The van der Waals surface area contributed by atoms with E-state index >= 15 is 0 Å². The van der Waals surface area contributed by atoms with Crippen molar-refractivity contribution >= 4 is 34.9 Å². The number of nitrogens with one attached hydrogen (secondary N) is 2. The molecule has 2 aromatic carbocycles. The molecular formula is C28H29ClN4O3. The van der Waals surface area contributed by atoms with Crippen LogP contribution in [0.5, 0.6) is 0 Å². The number of hydrogen-bond donors (Lipinski definition) is 3. The number of hydrogen-bond acceptors (Lipinski definition) is 4. The summed E-state index contributed by atoms with van der Waals surface area (Å²) >= 11 is 6.24. The second kappa shape index (κ2) is 10.0. The number of aryl methyl sites for hydroxylation is 1. The topological polar surface area (TPSA) is 95.7 Å². The molecule has 0 bridgehead atoms. The number of rotatable bonds is 7. The van der Waals surface area contributed by atoms with E-state index in [9.17, 15) is 14.7 Å². The molecule has 1 amide bonds. The highest BCUT2D eigenvalue weighted by molar-refractivity contribution is 6.30. The fourth-order valence-electron chi connectivity index (χ4n) is 3.96. The molecule has 186 valence electrons. The monoisotopic (exact) mass is 504 g/mol. The molecule has 1 atom stereocenters. The first kappa shape index (κ1) is 25.3. The highest BCUT2D eigenvalue weighted by atomic mass is 35.5. The van der Waals surface area contributed by atoms with Gasteiger partial charge in [0.15, 0.2) is 0 Å². The number of aliphatic carboxylic acids is 1. The van der Waals surface area contributed by atoms with Crippen molar-refractivity contribution in [3.05, 3.63) is 88.6 Å². The predicted octanol–water partition coefficient (Wildman–Crippen LogP) is 6.12. The van der Waals surface area contributed by atoms with Crippen molar-refractivity contribution in [1.82, 2.24) is 14.7 Å². The number of pyridine rings is 1. The minimum Gasteiger partial charge on any atom is -0.481 e. The van der Waals surface area contributed by atoms with Gasteiger partial charge in [-0.05, 0) is 57.5 Å². The number of carbonyl (C=O) groups is 2. The van der Waals surface area contributed by atoms with Crippen molar-refractivity contribution in [1.29, 1.82) is 0 Å². The molecular weight excluding hydrogens is 476 g/mol. The average Bonchev–Trinajstić information content (AvgIpc) is 3.15. The summed E-state index contributed by atoms with van der Waals surface area (Å²) < 4.78 is 1.90. The first-order valence-electron chi connectivity index (χ1n) is 11.7. The number of aromatic nitrogens is 2. The highest BCUT2D eigenvalue weighted by Crippen LogP contribution is 2.32. The zero-order valence-electron chi connectivity index (χ0n) is 20.7. The van der Waals surface area contributed by atoms with Crippen molar-refractivity contribution in [2.45, 2.75) is 45.7 Å². The van der Waals surface area contributed by atoms with Crippen LogP contribution in [0, 0.1) is 6.92 Å². The number of carboxylic acids is 1. The predicted molar refractivity (Wildman–Crippen MR) is 143 cm³/mol. The van der Waals surface area contributed by atoms with Gasteiger partial charge in [-0.1, -0.05) is 53.6 Å². The van der Waals surface area contributed by atoms with E-state index in [1.165, 1.54) is 0 Å². The first-order valence-corrected chi connectivity index (χ1v) is 12.0. The Morgan fingerprint density at radius 2 is 1.81 bits per heavy atom. The summed E-state index contributed by atoms with van der Waals surface area (Å²) in [5.41, 5.74) is 4.08. The molecule has 0 saturated heterocycles. The van der Waals surface area contributed by atoms with Gasteiger partial charge in [-0.25, -0.2) is 4.98 Å². The highest BCUT2D eigenvalue weighted by Gasteiger charge is 2.22. The maximum atomic E-state index is 13.2. The van der Waals surface area contributed by atoms with Crippen molar-refractivity contribution in [2.75, 3.05) is 5.32 Å². The normalized spacial score (nSPS) is 12.4. The minimum absolute atomic E-state index is 0.223. The zero-order chi connectivity index (χ0) is 26.0. The van der Waals surface area contributed by atoms with E-state index in [0.717, 1.165) is 22.5 Å². The summed E-state index contributed by atoms with van der Waals surface area (Å²) in [4.78, 5) is 29.5.